The topological polar surface area (TPSA) is 58.9 Å². The van der Waals surface area contributed by atoms with Crippen molar-refractivity contribution in [2.75, 3.05) is 7.11 Å². The second-order valence-electron chi connectivity index (χ2n) is 4.97. The van der Waals surface area contributed by atoms with Crippen LogP contribution < -0.4 is 0 Å². The number of carbonyl (C=O) groups is 1. The molecule has 2 aromatic carbocycles. The molecule has 0 aliphatic rings. The van der Waals surface area contributed by atoms with Crippen LogP contribution in [0.5, 0.6) is 0 Å². The highest BCUT2D eigenvalue weighted by molar-refractivity contribution is 9.10. The summed E-state index contributed by atoms with van der Waals surface area (Å²) in [6.07, 6.45) is 1.23. The van der Waals surface area contributed by atoms with E-state index in [2.05, 4.69) is 25.7 Å². The molecule has 0 saturated heterocycles. The summed E-state index contributed by atoms with van der Waals surface area (Å²) < 4.78 is 18.4. The van der Waals surface area contributed by atoms with Gasteiger partial charge < -0.3 is 9.84 Å². The normalized spacial score (nSPS) is 12.2. The first-order valence-corrected chi connectivity index (χ1v) is 7.79. The maximum Gasteiger partial charge on any atom is 0.343 e. The third-order valence-corrected chi connectivity index (χ3v) is 3.88. The molecule has 0 radical (unpaired) electrons. The van der Waals surface area contributed by atoms with E-state index < -0.39 is 11.8 Å². The van der Waals surface area contributed by atoms with Crippen molar-refractivity contribution in [1.29, 1.82) is 0 Å². The Morgan fingerprint density at radius 3 is 2.54 bits per heavy atom. The highest BCUT2D eigenvalue weighted by Gasteiger charge is 2.16. The Kier molecular flexibility index (Phi) is 5.87. The molecule has 2 aromatic rings. The number of hydrogen-bond donors (Lipinski definition) is 1. The van der Waals surface area contributed by atoms with Gasteiger partial charge in [0.15, 0.2) is 0 Å². The highest BCUT2D eigenvalue weighted by atomic mass is 79.9. The number of rotatable bonds is 4. The number of halogens is 2. The zero-order chi connectivity index (χ0) is 17.7. The van der Waals surface area contributed by atoms with Gasteiger partial charge in [0.2, 0.25) is 0 Å². The van der Waals surface area contributed by atoms with Gasteiger partial charge in [-0.15, -0.1) is 0 Å². The van der Waals surface area contributed by atoms with Crippen LogP contribution in [-0.4, -0.2) is 24.4 Å². The van der Waals surface area contributed by atoms with E-state index in [0.29, 0.717) is 5.69 Å². The molecule has 0 aromatic heterocycles. The summed E-state index contributed by atoms with van der Waals surface area (Å²) in [6.45, 7) is 1.92. The van der Waals surface area contributed by atoms with Gasteiger partial charge in [-0.05, 0) is 64.8 Å². The zero-order valence-corrected chi connectivity index (χ0v) is 14.7. The molecule has 24 heavy (non-hydrogen) atoms. The summed E-state index contributed by atoms with van der Waals surface area (Å²) in [5.74, 6) is -1.53. The molecule has 0 fully saturated rings. The predicted molar refractivity (Wildman–Crippen MR) is 95.0 cm³/mol. The summed E-state index contributed by atoms with van der Waals surface area (Å²) in [5, 5.41) is 10.3. The maximum absolute atomic E-state index is 13.0. The Bertz CT molecular complexity index is 814. The molecule has 0 saturated carbocycles. The Morgan fingerprint density at radius 2 is 1.92 bits per heavy atom. The Morgan fingerprint density at radius 1 is 1.25 bits per heavy atom. The van der Waals surface area contributed by atoms with Crippen LogP contribution in [0, 0.1) is 12.7 Å². The van der Waals surface area contributed by atoms with Gasteiger partial charge in [-0.25, -0.2) is 9.18 Å². The first-order valence-electron chi connectivity index (χ1n) is 7.00. The van der Waals surface area contributed by atoms with E-state index in [1.165, 1.54) is 37.6 Å². The molecule has 124 valence electrons. The van der Waals surface area contributed by atoms with Crippen molar-refractivity contribution >= 4 is 39.6 Å². The standard InChI is InChI=1S/C18H15BrFNO3/c1-11-3-8-15(19)16(9-11)21-10-14(18(23)24-2)17(22)12-4-6-13(20)7-5-12/h3-10,22H,1-2H3. The minimum atomic E-state index is -0.746. The fraction of sp³-hybridized carbons (Fsp3) is 0.111. The summed E-state index contributed by atoms with van der Waals surface area (Å²) in [7, 11) is 1.21. The minimum absolute atomic E-state index is 0.127. The first-order chi connectivity index (χ1) is 11.4. The van der Waals surface area contributed by atoms with E-state index >= 15 is 0 Å². The van der Waals surface area contributed by atoms with Crippen LogP contribution >= 0.6 is 15.9 Å². The molecule has 2 rings (SSSR count). The lowest BCUT2D eigenvalue weighted by Crippen LogP contribution is -2.09. The van der Waals surface area contributed by atoms with Gasteiger partial charge in [-0.2, -0.15) is 0 Å². The number of aliphatic hydroxyl groups is 1. The quantitative estimate of drug-likeness (QED) is 0.354. The molecule has 0 heterocycles. The highest BCUT2D eigenvalue weighted by Crippen LogP contribution is 2.26. The lowest BCUT2D eigenvalue weighted by atomic mass is 10.1. The fourth-order valence-corrected chi connectivity index (χ4v) is 2.29. The van der Waals surface area contributed by atoms with Crippen LogP contribution in [0.4, 0.5) is 10.1 Å². The number of aryl methyl sites for hydroxylation is 1. The van der Waals surface area contributed by atoms with Crippen molar-refractivity contribution in [3.63, 3.8) is 0 Å². The van der Waals surface area contributed by atoms with Gasteiger partial charge in [0.25, 0.3) is 0 Å². The zero-order valence-electron chi connectivity index (χ0n) is 13.1. The molecule has 4 nitrogen and oxygen atoms in total. The molecular formula is C18H15BrFNO3. The van der Waals surface area contributed by atoms with Crippen LogP contribution in [0.2, 0.25) is 0 Å². The Balaban J connectivity index is 2.47. The average molecular weight is 392 g/mol. The molecule has 0 amide bonds. The molecular weight excluding hydrogens is 377 g/mol. The van der Waals surface area contributed by atoms with E-state index in [-0.39, 0.29) is 16.9 Å². The van der Waals surface area contributed by atoms with Crippen molar-refractivity contribution in [2.45, 2.75) is 6.92 Å². The van der Waals surface area contributed by atoms with Crippen molar-refractivity contribution in [3.05, 3.63) is 69.5 Å². The van der Waals surface area contributed by atoms with Gasteiger partial charge in [0, 0.05) is 16.3 Å². The third-order valence-electron chi connectivity index (χ3n) is 3.21. The number of aliphatic imine (C=N–C) groups is 1. The van der Waals surface area contributed by atoms with E-state index in [1.54, 1.807) is 0 Å². The molecule has 6 heteroatoms. The number of benzene rings is 2. The molecule has 0 aliphatic carbocycles. The second kappa shape index (κ2) is 7.88. The number of ether oxygens (including phenoxy) is 1. The first kappa shape index (κ1) is 17.9. The van der Waals surface area contributed by atoms with Crippen molar-refractivity contribution in [3.8, 4) is 0 Å². The Labute approximate surface area is 147 Å². The van der Waals surface area contributed by atoms with E-state index in [9.17, 15) is 14.3 Å². The predicted octanol–water partition coefficient (Wildman–Crippen LogP) is 4.74. The third kappa shape index (κ3) is 4.29. The van der Waals surface area contributed by atoms with E-state index in [4.69, 9.17) is 0 Å². The monoisotopic (exact) mass is 391 g/mol. The number of methoxy groups -OCH3 is 1. The lowest BCUT2D eigenvalue weighted by molar-refractivity contribution is -0.135. The maximum atomic E-state index is 13.0. The summed E-state index contributed by atoms with van der Waals surface area (Å²) >= 11 is 3.37. The van der Waals surface area contributed by atoms with Crippen LogP contribution in [0.1, 0.15) is 11.1 Å². The van der Waals surface area contributed by atoms with Crippen LogP contribution in [0.25, 0.3) is 5.76 Å². The smallest absolute Gasteiger partial charge is 0.343 e. The summed E-state index contributed by atoms with van der Waals surface area (Å²) in [5.41, 5.74) is 1.75. The number of carbonyl (C=O) groups excluding carboxylic acids is 1. The molecule has 0 spiro atoms. The second-order valence-corrected chi connectivity index (χ2v) is 5.83. The van der Waals surface area contributed by atoms with Gasteiger partial charge in [-0.1, -0.05) is 6.07 Å². The van der Waals surface area contributed by atoms with Gasteiger partial charge in [-0.3, -0.25) is 4.99 Å². The van der Waals surface area contributed by atoms with Gasteiger partial charge in [0.05, 0.1) is 12.8 Å². The summed E-state index contributed by atoms with van der Waals surface area (Å²) in [6, 6.07) is 10.7. The number of aliphatic hydroxyl groups excluding tert-OH is 1. The van der Waals surface area contributed by atoms with Crippen molar-refractivity contribution in [2.24, 2.45) is 4.99 Å². The Hall–Kier alpha value is -2.47. The van der Waals surface area contributed by atoms with Crippen LogP contribution in [-0.2, 0) is 9.53 Å². The number of esters is 1. The lowest BCUT2D eigenvalue weighted by Gasteiger charge is -2.06. The number of hydrogen-bond acceptors (Lipinski definition) is 4. The summed E-state index contributed by atoms with van der Waals surface area (Å²) in [4.78, 5) is 16.2. The SMILES string of the molecule is COC(=O)C(C=Nc1cc(C)ccc1Br)=C(O)c1ccc(F)cc1. The molecule has 0 atom stereocenters. The largest absolute Gasteiger partial charge is 0.506 e. The average Bonchev–Trinajstić information content (AvgIpc) is 2.58. The van der Waals surface area contributed by atoms with Gasteiger partial charge in [0.1, 0.15) is 17.1 Å². The van der Waals surface area contributed by atoms with E-state index in [1.807, 2.05) is 25.1 Å². The molecule has 1 N–H and O–H groups in total. The molecule has 0 aliphatic heterocycles. The van der Waals surface area contributed by atoms with Crippen molar-refractivity contribution < 1.29 is 19.0 Å². The fourth-order valence-electron chi connectivity index (χ4n) is 1.94. The molecule has 0 bridgehead atoms. The van der Waals surface area contributed by atoms with Crippen LogP contribution in [0.3, 0.4) is 0 Å². The van der Waals surface area contributed by atoms with E-state index in [0.717, 1.165) is 10.0 Å². The number of nitrogens with zero attached hydrogens (tertiary/aromatic N) is 1. The molecule has 0 unspecified atom stereocenters. The minimum Gasteiger partial charge on any atom is -0.506 e. The van der Waals surface area contributed by atoms with Crippen molar-refractivity contribution in [1.82, 2.24) is 0 Å². The van der Waals surface area contributed by atoms with Crippen LogP contribution in [0.15, 0.2) is 57.5 Å². The van der Waals surface area contributed by atoms with Gasteiger partial charge >= 0.3 is 5.97 Å².